The molecule has 0 aliphatic heterocycles. The predicted octanol–water partition coefficient (Wildman–Crippen LogP) is 10.7. The lowest BCUT2D eigenvalue weighted by Crippen LogP contribution is -2.25. The minimum absolute atomic E-state index is 0.0691. The van der Waals surface area contributed by atoms with Crippen molar-refractivity contribution in [1.29, 1.82) is 0 Å². The molecule has 3 aliphatic rings. The summed E-state index contributed by atoms with van der Waals surface area (Å²) in [6.07, 6.45) is 19.6. The number of hydrogen-bond donors (Lipinski definition) is 0. The Morgan fingerprint density at radius 1 is 0.611 bits per heavy atom. The second kappa shape index (κ2) is 12.3. The maximum absolute atomic E-state index is 15.4. The Kier molecular flexibility index (Phi) is 8.86. The summed E-state index contributed by atoms with van der Waals surface area (Å²) in [5.74, 6) is 4.59. The second-order valence-electron chi connectivity index (χ2n) is 12.6. The van der Waals surface area contributed by atoms with Gasteiger partial charge in [-0.2, -0.15) is 0 Å². The third kappa shape index (κ3) is 6.08. The van der Waals surface area contributed by atoms with Crippen LogP contribution in [0.4, 0.5) is 4.39 Å². The van der Waals surface area contributed by atoms with Crippen LogP contribution in [0.15, 0.2) is 42.5 Å². The molecule has 0 amide bonds. The number of hydrogen-bond acceptors (Lipinski definition) is 0. The second-order valence-corrected chi connectivity index (χ2v) is 12.6. The Morgan fingerprint density at radius 2 is 1.14 bits per heavy atom. The molecule has 0 spiro atoms. The first-order chi connectivity index (χ1) is 17.6. The zero-order valence-corrected chi connectivity index (χ0v) is 23.0. The largest absolute Gasteiger partial charge is 0.207 e. The lowest BCUT2D eigenvalue weighted by atomic mass is 9.68. The highest BCUT2D eigenvalue weighted by Crippen LogP contribution is 2.46. The molecule has 3 saturated carbocycles. The fourth-order valence-corrected chi connectivity index (χ4v) is 8.17. The Balaban J connectivity index is 1.12. The van der Waals surface area contributed by atoms with Crippen LogP contribution in [0.3, 0.4) is 0 Å². The Hall–Kier alpha value is -1.63. The van der Waals surface area contributed by atoms with E-state index in [0.717, 1.165) is 42.6 Å². The maximum Gasteiger partial charge on any atom is 0.126 e. The van der Waals surface area contributed by atoms with Crippen LogP contribution in [-0.2, 0) is 6.42 Å². The number of halogens is 1. The lowest BCUT2D eigenvalue weighted by molar-refractivity contribution is 0.156. The molecule has 0 aromatic heterocycles. The van der Waals surface area contributed by atoms with Gasteiger partial charge in [-0.15, -0.1) is 0 Å². The summed E-state index contributed by atoms with van der Waals surface area (Å²) in [7, 11) is 0. The van der Waals surface area contributed by atoms with E-state index in [2.05, 4.69) is 50.2 Å². The molecule has 1 heteroatoms. The summed E-state index contributed by atoms with van der Waals surface area (Å²) in [5.41, 5.74) is 5.14. The Bertz CT molecular complexity index is 935. The topological polar surface area (TPSA) is 0 Å². The van der Waals surface area contributed by atoms with Crippen molar-refractivity contribution in [3.8, 4) is 0 Å². The van der Waals surface area contributed by atoms with Crippen LogP contribution in [0.5, 0.6) is 0 Å². The van der Waals surface area contributed by atoms with Gasteiger partial charge in [0.1, 0.15) is 5.82 Å². The number of benzene rings is 2. The van der Waals surface area contributed by atoms with E-state index in [0.29, 0.717) is 17.8 Å². The highest BCUT2D eigenvalue weighted by molar-refractivity contribution is 5.31. The predicted molar refractivity (Wildman–Crippen MR) is 151 cm³/mol. The van der Waals surface area contributed by atoms with Crippen molar-refractivity contribution in [3.63, 3.8) is 0 Å². The fourth-order valence-electron chi connectivity index (χ4n) is 8.17. The van der Waals surface area contributed by atoms with Gasteiger partial charge in [0, 0.05) is 0 Å². The van der Waals surface area contributed by atoms with E-state index >= 15 is 4.39 Å². The molecular formula is C35H49F. The fraction of sp³-hybridized carbons (Fsp3) is 0.657. The maximum atomic E-state index is 15.4. The minimum Gasteiger partial charge on any atom is -0.207 e. The first kappa shape index (κ1) is 26.0. The average molecular weight is 489 g/mol. The third-order valence-corrected chi connectivity index (χ3v) is 10.5. The number of rotatable bonds is 7. The summed E-state index contributed by atoms with van der Waals surface area (Å²) in [5, 5.41) is 0. The summed E-state index contributed by atoms with van der Waals surface area (Å²) in [4.78, 5) is 0. The molecule has 2 aromatic carbocycles. The van der Waals surface area contributed by atoms with E-state index in [1.807, 2.05) is 6.07 Å². The van der Waals surface area contributed by atoms with Gasteiger partial charge in [0.25, 0.3) is 0 Å². The van der Waals surface area contributed by atoms with Gasteiger partial charge in [0.15, 0.2) is 0 Å². The van der Waals surface area contributed by atoms with Crippen LogP contribution in [0, 0.1) is 23.6 Å². The number of aryl methyl sites for hydroxylation is 1. The van der Waals surface area contributed by atoms with E-state index in [1.54, 1.807) is 0 Å². The van der Waals surface area contributed by atoms with Crippen molar-refractivity contribution in [2.45, 2.75) is 128 Å². The van der Waals surface area contributed by atoms with Gasteiger partial charge in [0.05, 0.1) is 0 Å². The van der Waals surface area contributed by atoms with E-state index in [-0.39, 0.29) is 5.82 Å². The van der Waals surface area contributed by atoms with Crippen molar-refractivity contribution >= 4 is 0 Å². The van der Waals surface area contributed by atoms with Gasteiger partial charge >= 0.3 is 0 Å². The Morgan fingerprint density at radius 3 is 1.72 bits per heavy atom. The van der Waals surface area contributed by atoms with E-state index in [1.165, 1.54) is 93.7 Å². The van der Waals surface area contributed by atoms with Gasteiger partial charge in [-0.1, -0.05) is 75.9 Å². The molecule has 0 bridgehead atoms. The highest BCUT2D eigenvalue weighted by Gasteiger charge is 2.32. The van der Waals surface area contributed by atoms with Gasteiger partial charge in [-0.3, -0.25) is 0 Å². The summed E-state index contributed by atoms with van der Waals surface area (Å²) in [6, 6.07) is 15.6. The van der Waals surface area contributed by atoms with Crippen molar-refractivity contribution < 1.29 is 4.39 Å². The van der Waals surface area contributed by atoms with Crippen LogP contribution in [0.1, 0.15) is 144 Å². The molecule has 2 aromatic rings. The molecule has 3 fully saturated rings. The van der Waals surface area contributed by atoms with E-state index < -0.39 is 0 Å². The molecule has 36 heavy (non-hydrogen) atoms. The molecule has 0 heterocycles. The van der Waals surface area contributed by atoms with Crippen molar-refractivity contribution in [3.05, 3.63) is 70.5 Å². The van der Waals surface area contributed by atoms with Crippen LogP contribution >= 0.6 is 0 Å². The average Bonchev–Trinajstić information content (AvgIpc) is 2.94. The molecule has 0 nitrogen and oxygen atoms in total. The first-order valence-corrected chi connectivity index (χ1v) is 15.5. The van der Waals surface area contributed by atoms with Crippen molar-refractivity contribution in [1.82, 2.24) is 0 Å². The molecule has 3 aliphatic carbocycles. The molecule has 0 radical (unpaired) electrons. The molecule has 0 N–H and O–H groups in total. The standard InChI is InChI=1S/C35H49F/c1-3-5-26-8-12-28(13-9-26)29-14-16-31(17-15-29)33-22-23-34(35(36)24-33)32-20-18-30(19-21-32)27-10-6-25(4-2)7-11-27/h6-7,10-11,22-24,26,28-32H,3-5,8-9,12-21H2,1-2H3. The molecule has 0 atom stereocenters. The summed E-state index contributed by atoms with van der Waals surface area (Å²) in [6.45, 7) is 4.55. The van der Waals surface area contributed by atoms with Crippen LogP contribution in [0.25, 0.3) is 0 Å². The quantitative estimate of drug-likeness (QED) is 0.363. The first-order valence-electron chi connectivity index (χ1n) is 15.5. The zero-order valence-electron chi connectivity index (χ0n) is 23.0. The monoisotopic (exact) mass is 488 g/mol. The van der Waals surface area contributed by atoms with Crippen molar-refractivity contribution in [2.75, 3.05) is 0 Å². The van der Waals surface area contributed by atoms with Crippen LogP contribution in [0.2, 0.25) is 0 Å². The van der Waals surface area contributed by atoms with Gasteiger partial charge < -0.3 is 0 Å². The molecular weight excluding hydrogens is 439 g/mol. The zero-order chi connectivity index (χ0) is 24.9. The smallest absolute Gasteiger partial charge is 0.126 e. The molecule has 196 valence electrons. The van der Waals surface area contributed by atoms with Crippen LogP contribution in [-0.4, -0.2) is 0 Å². The molecule has 5 rings (SSSR count). The van der Waals surface area contributed by atoms with Crippen molar-refractivity contribution in [2.24, 2.45) is 17.8 Å². The molecule has 0 unspecified atom stereocenters. The van der Waals surface area contributed by atoms with E-state index in [9.17, 15) is 0 Å². The van der Waals surface area contributed by atoms with Gasteiger partial charge in [-0.25, -0.2) is 4.39 Å². The lowest BCUT2D eigenvalue weighted by Gasteiger charge is -2.38. The highest BCUT2D eigenvalue weighted by atomic mass is 19.1. The Labute approximate surface area is 220 Å². The third-order valence-electron chi connectivity index (χ3n) is 10.5. The molecule has 0 saturated heterocycles. The SMILES string of the molecule is CCCC1CCC(C2CCC(c3ccc(C4CCC(c5ccc(CC)cc5)CC4)c(F)c3)CC2)CC1. The normalized spacial score (nSPS) is 31.3. The summed E-state index contributed by atoms with van der Waals surface area (Å²) < 4.78 is 15.4. The minimum atomic E-state index is 0.0691. The van der Waals surface area contributed by atoms with E-state index in [4.69, 9.17) is 0 Å². The summed E-state index contributed by atoms with van der Waals surface area (Å²) >= 11 is 0. The van der Waals surface area contributed by atoms with Crippen LogP contribution < -0.4 is 0 Å². The van der Waals surface area contributed by atoms with Gasteiger partial charge in [0.2, 0.25) is 0 Å². The van der Waals surface area contributed by atoms with Gasteiger partial charge in [-0.05, 0) is 134 Å².